The molecule has 0 radical (unpaired) electrons. The highest BCUT2D eigenvalue weighted by atomic mass is 15.4. The van der Waals surface area contributed by atoms with Gasteiger partial charge in [-0.1, -0.05) is 86.8 Å². The summed E-state index contributed by atoms with van der Waals surface area (Å²) in [5, 5.41) is 0. The largest absolute Gasteiger partial charge is 0.277 e. The first-order valence-electron chi connectivity index (χ1n) is 10.8. The zero-order valence-corrected chi connectivity index (χ0v) is 16.9. The average Bonchev–Trinajstić information content (AvgIpc) is 3.10. The van der Waals surface area contributed by atoms with Gasteiger partial charge in [0.05, 0.1) is 26.1 Å². The van der Waals surface area contributed by atoms with Crippen LogP contribution >= 0.6 is 0 Å². The van der Waals surface area contributed by atoms with Gasteiger partial charge >= 0.3 is 0 Å². The van der Waals surface area contributed by atoms with Gasteiger partial charge in [0, 0.05) is 6.42 Å². The van der Waals surface area contributed by atoms with E-state index in [1.165, 1.54) is 68.7 Å². The third kappa shape index (κ3) is 5.77. The standard InChI is InChI=1S/C25H35N2/c1-2-3-4-5-12-19-27(20-17-23-13-8-6-9-14-23)21-18-26-25(27)22-24-15-10-7-11-16-24/h6-11,13-16H,2-5,12,17-22H2,1H3/q+1. The van der Waals surface area contributed by atoms with Crippen LogP contribution in [-0.2, 0) is 12.8 Å². The minimum atomic E-state index is 0.992. The molecule has 27 heavy (non-hydrogen) atoms. The third-order valence-corrected chi connectivity index (χ3v) is 5.94. The Hall–Kier alpha value is -1.93. The molecule has 0 aromatic heterocycles. The summed E-state index contributed by atoms with van der Waals surface area (Å²) in [5.41, 5.74) is 2.85. The van der Waals surface area contributed by atoms with Crippen LogP contribution in [0.15, 0.2) is 65.7 Å². The van der Waals surface area contributed by atoms with Crippen molar-refractivity contribution in [1.82, 2.24) is 0 Å². The van der Waals surface area contributed by atoms with Gasteiger partial charge in [-0.25, -0.2) is 4.99 Å². The summed E-state index contributed by atoms with van der Waals surface area (Å²) < 4.78 is 1.11. The molecule has 2 nitrogen and oxygen atoms in total. The van der Waals surface area contributed by atoms with Crippen LogP contribution in [0.3, 0.4) is 0 Å². The van der Waals surface area contributed by atoms with Crippen LogP contribution < -0.4 is 0 Å². The Labute approximate surface area is 165 Å². The van der Waals surface area contributed by atoms with Gasteiger partial charge in [0.1, 0.15) is 6.54 Å². The van der Waals surface area contributed by atoms with E-state index in [1.54, 1.807) is 0 Å². The third-order valence-electron chi connectivity index (χ3n) is 5.94. The second-order valence-corrected chi connectivity index (χ2v) is 7.93. The molecule has 0 bridgehead atoms. The molecule has 2 aromatic carbocycles. The number of hydrogen-bond acceptors (Lipinski definition) is 1. The number of nitrogens with zero attached hydrogens (tertiary/aromatic N) is 2. The SMILES string of the molecule is CCCCCCC[N+]1(CCc2ccccc2)CCN=C1Cc1ccccc1. The van der Waals surface area contributed by atoms with E-state index in [4.69, 9.17) is 4.99 Å². The van der Waals surface area contributed by atoms with Crippen molar-refractivity contribution in [2.24, 2.45) is 4.99 Å². The van der Waals surface area contributed by atoms with Gasteiger partial charge in [-0.05, 0) is 24.0 Å². The fourth-order valence-electron chi connectivity index (χ4n) is 4.25. The van der Waals surface area contributed by atoms with Crippen molar-refractivity contribution in [2.45, 2.75) is 51.9 Å². The zero-order chi connectivity index (χ0) is 18.8. The Bertz CT molecular complexity index is 693. The lowest BCUT2D eigenvalue weighted by molar-refractivity contribution is -0.836. The Morgan fingerprint density at radius 3 is 2.15 bits per heavy atom. The van der Waals surface area contributed by atoms with E-state index in [2.05, 4.69) is 67.6 Å². The number of aliphatic imine (C=N–C) groups is 1. The summed E-state index contributed by atoms with van der Waals surface area (Å²) in [4.78, 5) is 5.00. The molecule has 0 saturated carbocycles. The van der Waals surface area contributed by atoms with Crippen LogP contribution in [0.25, 0.3) is 0 Å². The lowest BCUT2D eigenvalue weighted by atomic mass is 10.1. The van der Waals surface area contributed by atoms with Gasteiger partial charge in [0.25, 0.3) is 0 Å². The normalized spacial score (nSPS) is 19.2. The molecular formula is C25H35N2+. The molecule has 0 aliphatic carbocycles. The Morgan fingerprint density at radius 1 is 0.778 bits per heavy atom. The van der Waals surface area contributed by atoms with Crippen molar-refractivity contribution < 1.29 is 4.48 Å². The van der Waals surface area contributed by atoms with Gasteiger partial charge in [-0.3, -0.25) is 4.48 Å². The zero-order valence-electron chi connectivity index (χ0n) is 16.9. The van der Waals surface area contributed by atoms with E-state index >= 15 is 0 Å². The van der Waals surface area contributed by atoms with Crippen molar-refractivity contribution in [2.75, 3.05) is 26.2 Å². The summed E-state index contributed by atoms with van der Waals surface area (Å²) >= 11 is 0. The minimum Gasteiger partial charge on any atom is -0.277 e. The molecule has 1 unspecified atom stereocenters. The minimum absolute atomic E-state index is 0.992. The predicted octanol–water partition coefficient (Wildman–Crippen LogP) is 5.67. The van der Waals surface area contributed by atoms with E-state index in [0.29, 0.717) is 0 Å². The van der Waals surface area contributed by atoms with Crippen molar-refractivity contribution >= 4 is 5.84 Å². The lowest BCUT2D eigenvalue weighted by Gasteiger charge is -2.35. The average molecular weight is 364 g/mol. The summed E-state index contributed by atoms with van der Waals surface area (Å²) in [6, 6.07) is 21.8. The quantitative estimate of drug-likeness (QED) is 0.360. The fourth-order valence-corrected chi connectivity index (χ4v) is 4.25. The summed E-state index contributed by atoms with van der Waals surface area (Å²) in [5.74, 6) is 1.41. The second-order valence-electron chi connectivity index (χ2n) is 7.93. The second kappa shape index (κ2) is 10.4. The lowest BCUT2D eigenvalue weighted by Crippen LogP contribution is -2.53. The summed E-state index contributed by atoms with van der Waals surface area (Å²) in [6.45, 7) is 6.90. The van der Waals surface area contributed by atoms with Gasteiger partial charge in [-0.2, -0.15) is 0 Å². The molecular weight excluding hydrogens is 328 g/mol. The molecule has 0 N–H and O–H groups in total. The Balaban J connectivity index is 1.68. The van der Waals surface area contributed by atoms with Crippen LogP contribution in [-0.4, -0.2) is 36.5 Å². The van der Waals surface area contributed by atoms with Crippen LogP contribution in [0.2, 0.25) is 0 Å². The molecule has 0 spiro atoms. The van der Waals surface area contributed by atoms with Crippen molar-refractivity contribution in [3.8, 4) is 0 Å². The maximum absolute atomic E-state index is 5.00. The van der Waals surface area contributed by atoms with Gasteiger partial charge in [0.2, 0.25) is 5.84 Å². The van der Waals surface area contributed by atoms with Crippen molar-refractivity contribution in [3.05, 3.63) is 71.8 Å². The molecule has 0 fully saturated rings. The molecule has 2 aromatic rings. The van der Waals surface area contributed by atoms with Crippen molar-refractivity contribution in [1.29, 1.82) is 0 Å². The van der Waals surface area contributed by atoms with Crippen LogP contribution in [0.5, 0.6) is 0 Å². The van der Waals surface area contributed by atoms with E-state index in [1.807, 2.05) is 0 Å². The molecule has 1 aliphatic heterocycles. The highest BCUT2D eigenvalue weighted by Gasteiger charge is 2.37. The highest BCUT2D eigenvalue weighted by Crippen LogP contribution is 2.22. The maximum atomic E-state index is 5.00. The summed E-state index contributed by atoms with van der Waals surface area (Å²) in [6.07, 6.45) is 8.89. The monoisotopic (exact) mass is 363 g/mol. The van der Waals surface area contributed by atoms with Crippen LogP contribution in [0.1, 0.15) is 50.2 Å². The predicted molar refractivity (Wildman–Crippen MR) is 116 cm³/mol. The van der Waals surface area contributed by atoms with Gasteiger partial charge < -0.3 is 0 Å². The molecule has 0 saturated heterocycles. The fraction of sp³-hybridized carbons (Fsp3) is 0.480. The number of quaternary nitrogens is 1. The maximum Gasteiger partial charge on any atom is 0.202 e. The first-order valence-corrected chi connectivity index (χ1v) is 10.8. The molecule has 1 aliphatic rings. The number of unbranched alkanes of at least 4 members (excludes halogenated alkanes) is 4. The number of benzene rings is 2. The topological polar surface area (TPSA) is 12.4 Å². The molecule has 1 atom stereocenters. The Morgan fingerprint density at radius 2 is 1.44 bits per heavy atom. The highest BCUT2D eigenvalue weighted by molar-refractivity contribution is 5.79. The van der Waals surface area contributed by atoms with E-state index < -0.39 is 0 Å². The molecule has 144 valence electrons. The number of hydrogen-bond donors (Lipinski definition) is 0. The van der Waals surface area contributed by atoms with Crippen LogP contribution in [0, 0.1) is 0 Å². The molecule has 1 heterocycles. The van der Waals surface area contributed by atoms with Crippen LogP contribution in [0.4, 0.5) is 0 Å². The van der Waals surface area contributed by atoms with E-state index in [9.17, 15) is 0 Å². The molecule has 2 heteroatoms. The molecule has 3 rings (SSSR count). The van der Waals surface area contributed by atoms with Gasteiger partial charge in [-0.15, -0.1) is 0 Å². The number of amidine groups is 1. The smallest absolute Gasteiger partial charge is 0.202 e. The number of rotatable bonds is 11. The summed E-state index contributed by atoms with van der Waals surface area (Å²) in [7, 11) is 0. The van der Waals surface area contributed by atoms with Gasteiger partial charge in [0.15, 0.2) is 0 Å². The Kier molecular flexibility index (Phi) is 7.65. The van der Waals surface area contributed by atoms with E-state index in [0.717, 1.165) is 23.9 Å². The van der Waals surface area contributed by atoms with E-state index in [-0.39, 0.29) is 0 Å². The van der Waals surface area contributed by atoms with Crippen molar-refractivity contribution in [3.63, 3.8) is 0 Å². The first kappa shape index (κ1) is 19.8. The first-order chi connectivity index (χ1) is 13.3. The molecule has 0 amide bonds.